The molecule has 0 spiro atoms. The first-order valence-corrected chi connectivity index (χ1v) is 6.57. The second-order valence-corrected chi connectivity index (χ2v) is 6.48. The predicted molar refractivity (Wildman–Crippen MR) is 75.9 cm³/mol. The number of benzene rings is 1. The lowest BCUT2D eigenvalue weighted by molar-refractivity contribution is 0.354. The number of aromatic nitrogens is 2. The van der Waals surface area contributed by atoms with Crippen molar-refractivity contribution < 1.29 is 0 Å². The molecule has 2 N–H and O–H groups in total. The van der Waals surface area contributed by atoms with Crippen LogP contribution in [0.3, 0.4) is 0 Å². The summed E-state index contributed by atoms with van der Waals surface area (Å²) in [4.78, 5) is 4.39. The lowest BCUT2D eigenvalue weighted by Crippen LogP contribution is -2.12. The average molecular weight is 296 g/mol. The first kappa shape index (κ1) is 12.4. The number of rotatable bonds is 2. The van der Waals surface area contributed by atoms with E-state index < -0.39 is 0 Å². The fourth-order valence-electron chi connectivity index (χ4n) is 1.80. The molecule has 0 aliphatic rings. The zero-order chi connectivity index (χ0) is 12.6. The lowest BCUT2D eigenvalue weighted by Gasteiger charge is -2.18. The Kier molecular flexibility index (Phi) is 3.17. The van der Waals surface area contributed by atoms with Crippen LogP contribution in [0.2, 0.25) is 0 Å². The standard InChI is InChI=1S/C13H18BrN3/c1-13(2,3)6-7-17-11-5-4-9(14)8-10(11)16-12(17)15/h4-5,8H,6-7H2,1-3H3,(H2,15,16). The van der Waals surface area contributed by atoms with Crippen LogP contribution in [0.15, 0.2) is 22.7 Å². The highest BCUT2D eigenvalue weighted by molar-refractivity contribution is 9.10. The van der Waals surface area contributed by atoms with Gasteiger partial charge >= 0.3 is 0 Å². The quantitative estimate of drug-likeness (QED) is 0.915. The minimum Gasteiger partial charge on any atom is -0.369 e. The molecule has 17 heavy (non-hydrogen) atoms. The Hall–Kier alpha value is -1.03. The Labute approximate surface area is 110 Å². The molecule has 0 unspecified atom stereocenters. The van der Waals surface area contributed by atoms with Crippen LogP contribution >= 0.6 is 15.9 Å². The Balaban J connectivity index is 2.36. The maximum Gasteiger partial charge on any atom is 0.201 e. The zero-order valence-electron chi connectivity index (χ0n) is 10.5. The summed E-state index contributed by atoms with van der Waals surface area (Å²) >= 11 is 3.45. The number of nitrogens with two attached hydrogens (primary N) is 1. The van der Waals surface area contributed by atoms with Gasteiger partial charge in [-0.25, -0.2) is 4.98 Å². The number of imidazole rings is 1. The van der Waals surface area contributed by atoms with Crippen molar-refractivity contribution in [2.75, 3.05) is 5.73 Å². The number of anilines is 1. The van der Waals surface area contributed by atoms with Gasteiger partial charge in [-0.05, 0) is 30.0 Å². The number of nitrogens with zero attached hydrogens (tertiary/aromatic N) is 2. The maximum atomic E-state index is 5.97. The highest BCUT2D eigenvalue weighted by Gasteiger charge is 2.13. The number of hydrogen-bond acceptors (Lipinski definition) is 2. The molecular formula is C13H18BrN3. The summed E-state index contributed by atoms with van der Waals surface area (Å²) in [6, 6.07) is 6.09. The molecule has 1 aromatic carbocycles. The van der Waals surface area contributed by atoms with Crippen molar-refractivity contribution in [2.24, 2.45) is 5.41 Å². The zero-order valence-corrected chi connectivity index (χ0v) is 12.1. The molecule has 4 heteroatoms. The van der Waals surface area contributed by atoms with Gasteiger partial charge in [-0.1, -0.05) is 36.7 Å². The molecule has 1 aromatic heterocycles. The third kappa shape index (κ3) is 2.80. The summed E-state index contributed by atoms with van der Waals surface area (Å²) in [5.41, 5.74) is 8.33. The second kappa shape index (κ2) is 4.33. The second-order valence-electron chi connectivity index (χ2n) is 5.57. The van der Waals surface area contributed by atoms with Crippen LogP contribution in [0.25, 0.3) is 11.0 Å². The molecule has 3 nitrogen and oxygen atoms in total. The van der Waals surface area contributed by atoms with E-state index >= 15 is 0 Å². The van der Waals surface area contributed by atoms with E-state index in [4.69, 9.17) is 5.73 Å². The van der Waals surface area contributed by atoms with E-state index in [2.05, 4.69) is 52.3 Å². The molecule has 2 rings (SSSR count). The normalized spacial score (nSPS) is 12.2. The minimum absolute atomic E-state index is 0.304. The van der Waals surface area contributed by atoms with Crippen LogP contribution < -0.4 is 5.73 Å². The molecule has 0 amide bonds. The van der Waals surface area contributed by atoms with Crippen LogP contribution in [-0.2, 0) is 6.54 Å². The summed E-state index contributed by atoms with van der Waals surface area (Å²) in [6.45, 7) is 7.62. The molecule has 0 fully saturated rings. The van der Waals surface area contributed by atoms with E-state index in [0.717, 1.165) is 28.5 Å². The van der Waals surface area contributed by atoms with Crippen molar-refractivity contribution in [3.63, 3.8) is 0 Å². The van der Waals surface area contributed by atoms with Crippen molar-refractivity contribution in [2.45, 2.75) is 33.7 Å². The highest BCUT2D eigenvalue weighted by atomic mass is 79.9. The summed E-state index contributed by atoms with van der Waals surface area (Å²) in [5.74, 6) is 0.599. The van der Waals surface area contributed by atoms with Gasteiger partial charge in [0.2, 0.25) is 5.95 Å². The van der Waals surface area contributed by atoms with Crippen molar-refractivity contribution in [3.05, 3.63) is 22.7 Å². The monoisotopic (exact) mass is 295 g/mol. The van der Waals surface area contributed by atoms with E-state index in [1.165, 1.54) is 0 Å². The molecule has 0 aliphatic heterocycles. The molecule has 1 heterocycles. The Bertz CT molecular complexity index is 537. The first-order valence-electron chi connectivity index (χ1n) is 5.78. The highest BCUT2D eigenvalue weighted by Crippen LogP contribution is 2.25. The molecule has 0 bridgehead atoms. The van der Waals surface area contributed by atoms with Gasteiger partial charge < -0.3 is 10.3 Å². The van der Waals surface area contributed by atoms with Crippen molar-refractivity contribution >= 4 is 32.9 Å². The Morgan fingerprint density at radius 2 is 2.06 bits per heavy atom. The third-order valence-corrected chi connectivity index (χ3v) is 3.32. The maximum absolute atomic E-state index is 5.97. The van der Waals surface area contributed by atoms with Crippen LogP contribution in [0, 0.1) is 5.41 Å². The lowest BCUT2D eigenvalue weighted by atomic mass is 9.92. The van der Waals surface area contributed by atoms with Crippen LogP contribution in [0.1, 0.15) is 27.2 Å². The molecule has 0 radical (unpaired) electrons. The average Bonchev–Trinajstić information content (AvgIpc) is 2.48. The fraction of sp³-hybridized carbons (Fsp3) is 0.462. The largest absolute Gasteiger partial charge is 0.369 e. The van der Waals surface area contributed by atoms with Gasteiger partial charge in [0.25, 0.3) is 0 Å². The van der Waals surface area contributed by atoms with E-state index in [9.17, 15) is 0 Å². The number of hydrogen-bond donors (Lipinski definition) is 1. The van der Waals surface area contributed by atoms with E-state index in [1.807, 2.05) is 12.1 Å². The molecule has 0 aliphatic carbocycles. The molecule has 0 saturated heterocycles. The number of aryl methyl sites for hydroxylation is 1. The van der Waals surface area contributed by atoms with E-state index in [0.29, 0.717) is 11.4 Å². The summed E-state index contributed by atoms with van der Waals surface area (Å²) in [6.07, 6.45) is 1.08. The minimum atomic E-state index is 0.304. The number of fused-ring (bicyclic) bond motifs is 1. The number of nitrogen functional groups attached to an aromatic ring is 1. The summed E-state index contributed by atoms with van der Waals surface area (Å²) < 4.78 is 3.12. The van der Waals surface area contributed by atoms with E-state index in [1.54, 1.807) is 0 Å². The predicted octanol–water partition coefficient (Wildman–Crippen LogP) is 3.82. The molecule has 92 valence electrons. The Morgan fingerprint density at radius 3 is 2.71 bits per heavy atom. The topological polar surface area (TPSA) is 43.8 Å². The summed E-state index contributed by atoms with van der Waals surface area (Å²) in [7, 11) is 0. The molecule has 2 aromatic rings. The van der Waals surface area contributed by atoms with E-state index in [-0.39, 0.29) is 0 Å². The van der Waals surface area contributed by atoms with Crippen LogP contribution in [-0.4, -0.2) is 9.55 Å². The van der Waals surface area contributed by atoms with Crippen molar-refractivity contribution in [1.29, 1.82) is 0 Å². The van der Waals surface area contributed by atoms with Gasteiger partial charge in [-0.3, -0.25) is 0 Å². The van der Waals surface area contributed by atoms with Gasteiger partial charge in [0.1, 0.15) is 0 Å². The fourth-order valence-corrected chi connectivity index (χ4v) is 2.15. The third-order valence-electron chi connectivity index (χ3n) is 2.83. The smallest absolute Gasteiger partial charge is 0.201 e. The molecule has 0 saturated carbocycles. The van der Waals surface area contributed by atoms with Gasteiger partial charge in [0.15, 0.2) is 0 Å². The molecular weight excluding hydrogens is 278 g/mol. The van der Waals surface area contributed by atoms with Crippen LogP contribution in [0.4, 0.5) is 5.95 Å². The first-order chi connectivity index (χ1) is 7.87. The van der Waals surface area contributed by atoms with Gasteiger partial charge in [-0.2, -0.15) is 0 Å². The number of halogens is 1. The van der Waals surface area contributed by atoms with Gasteiger partial charge in [-0.15, -0.1) is 0 Å². The SMILES string of the molecule is CC(C)(C)CCn1c(N)nc2cc(Br)ccc21. The van der Waals surface area contributed by atoms with Gasteiger partial charge in [0.05, 0.1) is 11.0 Å². The van der Waals surface area contributed by atoms with Gasteiger partial charge in [0, 0.05) is 11.0 Å². The molecule has 0 atom stereocenters. The Morgan fingerprint density at radius 1 is 1.35 bits per heavy atom. The summed E-state index contributed by atoms with van der Waals surface area (Å²) in [5, 5.41) is 0. The van der Waals surface area contributed by atoms with Crippen molar-refractivity contribution in [3.8, 4) is 0 Å². The van der Waals surface area contributed by atoms with Crippen LogP contribution in [0.5, 0.6) is 0 Å². The van der Waals surface area contributed by atoms with Crippen molar-refractivity contribution in [1.82, 2.24) is 9.55 Å².